The summed E-state index contributed by atoms with van der Waals surface area (Å²) in [6, 6.07) is 11.0. The summed E-state index contributed by atoms with van der Waals surface area (Å²) in [5.74, 6) is 1.75. The van der Waals surface area contributed by atoms with Crippen LogP contribution >= 0.6 is 0 Å². The van der Waals surface area contributed by atoms with Crippen molar-refractivity contribution in [3.63, 3.8) is 0 Å². The largest absolute Gasteiger partial charge is 0.508 e. The minimum absolute atomic E-state index is 0.248. The lowest BCUT2D eigenvalue weighted by molar-refractivity contribution is 0.290. The van der Waals surface area contributed by atoms with Crippen molar-refractivity contribution in [2.75, 3.05) is 0 Å². The number of hydrogen-bond acceptors (Lipinski definition) is 4. The summed E-state index contributed by atoms with van der Waals surface area (Å²) in [7, 11) is 1.82. The van der Waals surface area contributed by atoms with Gasteiger partial charge in [0.2, 0.25) is 0 Å². The Balaban J connectivity index is 1.83. The SMILES string of the molecule is Cn1ncnc1COc1ccc2ccc(O)cc2c1. The van der Waals surface area contributed by atoms with E-state index in [9.17, 15) is 5.11 Å². The lowest BCUT2D eigenvalue weighted by atomic mass is 10.1. The highest BCUT2D eigenvalue weighted by Crippen LogP contribution is 2.24. The molecule has 1 aromatic heterocycles. The van der Waals surface area contributed by atoms with Crippen molar-refractivity contribution in [1.82, 2.24) is 14.8 Å². The first-order chi connectivity index (χ1) is 9.22. The van der Waals surface area contributed by atoms with Gasteiger partial charge in [0.25, 0.3) is 0 Å². The van der Waals surface area contributed by atoms with Crippen LogP contribution in [-0.4, -0.2) is 19.9 Å². The van der Waals surface area contributed by atoms with Gasteiger partial charge in [-0.15, -0.1) is 0 Å². The van der Waals surface area contributed by atoms with E-state index < -0.39 is 0 Å². The molecule has 0 bridgehead atoms. The van der Waals surface area contributed by atoms with Crippen molar-refractivity contribution < 1.29 is 9.84 Å². The van der Waals surface area contributed by atoms with Crippen molar-refractivity contribution in [3.8, 4) is 11.5 Å². The molecule has 0 aliphatic heterocycles. The van der Waals surface area contributed by atoms with Gasteiger partial charge in [0.05, 0.1) is 0 Å². The Hall–Kier alpha value is -2.56. The van der Waals surface area contributed by atoms with E-state index in [0.717, 1.165) is 22.3 Å². The van der Waals surface area contributed by atoms with Crippen molar-refractivity contribution >= 4 is 10.8 Å². The molecule has 1 heterocycles. The van der Waals surface area contributed by atoms with Gasteiger partial charge in [-0.1, -0.05) is 12.1 Å². The third-order valence-electron chi connectivity index (χ3n) is 2.97. The predicted octanol–water partition coefficient (Wildman–Crippen LogP) is 2.25. The summed E-state index contributed by atoms with van der Waals surface area (Å²) in [4.78, 5) is 4.09. The number of rotatable bonds is 3. The van der Waals surface area contributed by atoms with Crippen LogP contribution in [-0.2, 0) is 13.7 Å². The highest BCUT2D eigenvalue weighted by atomic mass is 16.5. The fourth-order valence-corrected chi connectivity index (χ4v) is 1.90. The van der Waals surface area contributed by atoms with Crippen LogP contribution in [0, 0.1) is 0 Å². The van der Waals surface area contributed by atoms with E-state index in [4.69, 9.17) is 4.74 Å². The van der Waals surface area contributed by atoms with E-state index in [1.807, 2.05) is 31.3 Å². The van der Waals surface area contributed by atoms with Crippen LogP contribution in [0.3, 0.4) is 0 Å². The number of nitrogens with zero attached hydrogens (tertiary/aromatic N) is 3. The third-order valence-corrected chi connectivity index (χ3v) is 2.97. The third kappa shape index (κ3) is 2.35. The second kappa shape index (κ2) is 4.61. The molecule has 3 rings (SSSR count). The molecule has 0 radical (unpaired) electrons. The number of aryl methyl sites for hydroxylation is 1. The maximum atomic E-state index is 9.48. The second-order valence-corrected chi connectivity index (χ2v) is 4.28. The minimum atomic E-state index is 0.248. The molecule has 0 saturated heterocycles. The van der Waals surface area contributed by atoms with Crippen LogP contribution in [0.4, 0.5) is 0 Å². The van der Waals surface area contributed by atoms with E-state index >= 15 is 0 Å². The number of fused-ring (bicyclic) bond motifs is 1. The van der Waals surface area contributed by atoms with E-state index in [1.165, 1.54) is 6.33 Å². The van der Waals surface area contributed by atoms with Crippen LogP contribution in [0.1, 0.15) is 5.82 Å². The molecular formula is C14H13N3O2. The number of ether oxygens (including phenoxy) is 1. The van der Waals surface area contributed by atoms with Gasteiger partial charge in [-0.25, -0.2) is 4.98 Å². The summed E-state index contributed by atoms with van der Waals surface area (Å²) in [6.07, 6.45) is 1.50. The summed E-state index contributed by atoms with van der Waals surface area (Å²) in [6.45, 7) is 0.362. The van der Waals surface area contributed by atoms with Gasteiger partial charge >= 0.3 is 0 Å². The molecule has 3 aromatic rings. The Kier molecular flexibility index (Phi) is 2.79. The lowest BCUT2D eigenvalue weighted by Gasteiger charge is -2.07. The molecule has 0 atom stereocenters. The number of aromatic hydroxyl groups is 1. The van der Waals surface area contributed by atoms with Gasteiger partial charge in [0.1, 0.15) is 24.4 Å². The first kappa shape index (κ1) is 11.5. The fraction of sp³-hybridized carbons (Fsp3) is 0.143. The molecule has 0 aliphatic rings. The van der Waals surface area contributed by atoms with Gasteiger partial charge in [-0.3, -0.25) is 4.68 Å². The van der Waals surface area contributed by atoms with Crippen LogP contribution in [0.2, 0.25) is 0 Å². The predicted molar refractivity (Wildman–Crippen MR) is 70.9 cm³/mol. The summed E-state index contributed by atoms with van der Waals surface area (Å²) in [5.41, 5.74) is 0. The average Bonchev–Trinajstić information content (AvgIpc) is 2.81. The fourth-order valence-electron chi connectivity index (χ4n) is 1.90. The topological polar surface area (TPSA) is 60.2 Å². The van der Waals surface area contributed by atoms with Crippen LogP contribution < -0.4 is 4.74 Å². The van der Waals surface area contributed by atoms with Crippen molar-refractivity contribution in [1.29, 1.82) is 0 Å². The smallest absolute Gasteiger partial charge is 0.164 e. The molecule has 5 heteroatoms. The molecule has 0 saturated carbocycles. The zero-order valence-corrected chi connectivity index (χ0v) is 10.4. The van der Waals surface area contributed by atoms with Crippen LogP contribution in [0.15, 0.2) is 42.7 Å². The Labute approximate surface area is 110 Å². The second-order valence-electron chi connectivity index (χ2n) is 4.28. The summed E-state index contributed by atoms with van der Waals surface area (Å²) in [5, 5.41) is 15.5. The van der Waals surface area contributed by atoms with E-state index in [0.29, 0.717) is 6.61 Å². The Morgan fingerprint density at radius 1 is 1.16 bits per heavy atom. The van der Waals surface area contributed by atoms with Gasteiger partial charge in [0.15, 0.2) is 5.82 Å². The monoisotopic (exact) mass is 255 g/mol. The summed E-state index contributed by atoms with van der Waals surface area (Å²) < 4.78 is 7.35. The average molecular weight is 255 g/mol. The van der Waals surface area contributed by atoms with E-state index in [-0.39, 0.29) is 5.75 Å². The van der Waals surface area contributed by atoms with Gasteiger partial charge in [-0.05, 0) is 35.0 Å². The van der Waals surface area contributed by atoms with Gasteiger partial charge in [-0.2, -0.15) is 5.10 Å². The molecule has 19 heavy (non-hydrogen) atoms. The lowest BCUT2D eigenvalue weighted by Crippen LogP contribution is -2.04. The highest BCUT2D eigenvalue weighted by Gasteiger charge is 2.03. The first-order valence-corrected chi connectivity index (χ1v) is 5.91. The maximum Gasteiger partial charge on any atom is 0.164 e. The Morgan fingerprint density at radius 3 is 2.79 bits per heavy atom. The first-order valence-electron chi connectivity index (χ1n) is 5.91. The highest BCUT2D eigenvalue weighted by molar-refractivity contribution is 5.85. The molecule has 0 unspecified atom stereocenters. The quantitative estimate of drug-likeness (QED) is 0.779. The van der Waals surface area contributed by atoms with Crippen molar-refractivity contribution in [2.24, 2.45) is 7.05 Å². The minimum Gasteiger partial charge on any atom is -0.508 e. The Morgan fingerprint density at radius 2 is 2.00 bits per heavy atom. The van der Waals surface area contributed by atoms with Crippen LogP contribution in [0.5, 0.6) is 11.5 Å². The molecular weight excluding hydrogens is 242 g/mol. The van der Waals surface area contributed by atoms with Gasteiger partial charge < -0.3 is 9.84 Å². The van der Waals surface area contributed by atoms with Crippen molar-refractivity contribution in [2.45, 2.75) is 6.61 Å². The number of benzene rings is 2. The molecule has 0 aliphatic carbocycles. The Bertz CT molecular complexity index is 722. The van der Waals surface area contributed by atoms with E-state index in [2.05, 4.69) is 10.1 Å². The molecule has 0 fully saturated rings. The molecule has 2 aromatic carbocycles. The number of hydrogen-bond donors (Lipinski definition) is 1. The number of phenolic OH excluding ortho intramolecular Hbond substituents is 1. The van der Waals surface area contributed by atoms with E-state index in [1.54, 1.807) is 16.8 Å². The zero-order valence-electron chi connectivity index (χ0n) is 10.4. The standard InChI is InChI=1S/C14H13N3O2/c1-17-14(15-9-16-17)8-19-13-5-3-10-2-4-12(18)6-11(10)7-13/h2-7,9,18H,8H2,1H3. The summed E-state index contributed by atoms with van der Waals surface area (Å²) >= 11 is 0. The number of phenols is 1. The molecule has 0 amide bonds. The normalized spacial score (nSPS) is 10.8. The zero-order chi connectivity index (χ0) is 13.2. The molecule has 1 N–H and O–H groups in total. The van der Waals surface area contributed by atoms with Crippen LogP contribution in [0.25, 0.3) is 10.8 Å². The van der Waals surface area contributed by atoms with Gasteiger partial charge in [0, 0.05) is 7.05 Å². The maximum absolute atomic E-state index is 9.48. The molecule has 0 spiro atoms. The molecule has 96 valence electrons. The van der Waals surface area contributed by atoms with Crippen molar-refractivity contribution in [3.05, 3.63) is 48.5 Å². The number of aromatic nitrogens is 3. The molecule has 5 nitrogen and oxygen atoms in total.